The summed E-state index contributed by atoms with van der Waals surface area (Å²) in [5.41, 5.74) is -1.61. The summed E-state index contributed by atoms with van der Waals surface area (Å²) in [7, 11) is 0. The average molecular weight is 437 g/mol. The minimum atomic E-state index is -4.60. The first-order valence-corrected chi connectivity index (χ1v) is 9.24. The average Bonchev–Trinajstić information content (AvgIpc) is 2.67. The Morgan fingerprint density at radius 3 is 2.47 bits per heavy atom. The number of nitrogens with zero attached hydrogens (tertiary/aromatic N) is 2. The topological polar surface area (TPSA) is 72.2 Å². The zero-order valence-corrected chi connectivity index (χ0v) is 16.7. The summed E-state index contributed by atoms with van der Waals surface area (Å²) < 4.78 is 41.1. The smallest absolute Gasteiger partial charge is 0.416 e. The van der Waals surface area contributed by atoms with Crippen LogP contribution in [0.4, 0.5) is 13.2 Å². The van der Waals surface area contributed by atoms with E-state index in [1.165, 1.54) is 30.5 Å². The quantitative estimate of drug-likeness (QED) is 0.565. The largest absolute Gasteiger partial charge is 0.477 e. The maximum absolute atomic E-state index is 13.2. The predicted molar refractivity (Wildman–Crippen MR) is 107 cm³/mol. The van der Waals surface area contributed by atoms with Crippen molar-refractivity contribution in [1.82, 2.24) is 9.55 Å². The molecule has 1 N–H and O–H groups in total. The molecule has 0 fully saturated rings. The number of pyridine rings is 2. The highest BCUT2D eigenvalue weighted by molar-refractivity contribution is 6.29. The number of carboxylic acids is 1. The molecule has 30 heavy (non-hydrogen) atoms. The molecule has 2 aromatic heterocycles. The molecule has 0 unspecified atom stereocenters. The molecule has 0 atom stereocenters. The van der Waals surface area contributed by atoms with Crippen LogP contribution in [-0.2, 0) is 12.7 Å². The Bertz CT molecular complexity index is 1200. The minimum Gasteiger partial charge on any atom is -0.477 e. The van der Waals surface area contributed by atoms with Gasteiger partial charge in [-0.15, -0.1) is 0 Å². The van der Waals surface area contributed by atoms with E-state index >= 15 is 0 Å². The van der Waals surface area contributed by atoms with Crippen molar-refractivity contribution in [2.45, 2.75) is 26.6 Å². The van der Waals surface area contributed by atoms with Crippen LogP contribution in [0.2, 0.25) is 5.15 Å². The maximum atomic E-state index is 13.2. The molecule has 0 aliphatic carbocycles. The first kappa shape index (κ1) is 21.6. The van der Waals surface area contributed by atoms with E-state index in [9.17, 15) is 27.9 Å². The number of aromatic nitrogens is 2. The van der Waals surface area contributed by atoms with E-state index in [1.807, 2.05) is 0 Å². The fraction of sp³-hybridized carbons (Fsp3) is 0.190. The number of carbonyl (C=O) groups is 1. The lowest BCUT2D eigenvalue weighted by Gasteiger charge is -2.21. The molecule has 0 amide bonds. The van der Waals surface area contributed by atoms with Crippen LogP contribution in [0.25, 0.3) is 22.4 Å². The van der Waals surface area contributed by atoms with Gasteiger partial charge in [0.1, 0.15) is 10.7 Å². The molecular weight excluding hydrogens is 421 g/mol. The van der Waals surface area contributed by atoms with Crippen LogP contribution < -0.4 is 5.43 Å². The summed E-state index contributed by atoms with van der Waals surface area (Å²) in [6.45, 7) is 3.58. The van der Waals surface area contributed by atoms with Gasteiger partial charge >= 0.3 is 12.1 Å². The van der Waals surface area contributed by atoms with Crippen LogP contribution in [0.5, 0.6) is 0 Å². The standard InChI is InChI=1S/C21H16ClF3N2O3/c1-3-27-11(2)16(12-5-4-6-14(9-12)21(23,24)25)19(28)17(20(29)30)18(27)13-7-8-26-15(22)10-13/h4-10H,3H2,1-2H3,(H,29,30). The third kappa shape index (κ3) is 3.82. The van der Waals surface area contributed by atoms with Crippen molar-refractivity contribution in [2.24, 2.45) is 0 Å². The predicted octanol–water partition coefficient (Wildman–Crippen LogP) is 5.28. The van der Waals surface area contributed by atoms with Gasteiger partial charge in [-0.25, -0.2) is 9.78 Å². The number of hydrogen-bond donors (Lipinski definition) is 1. The van der Waals surface area contributed by atoms with Crippen LogP contribution in [0.15, 0.2) is 47.4 Å². The van der Waals surface area contributed by atoms with Gasteiger partial charge in [-0.3, -0.25) is 4.79 Å². The van der Waals surface area contributed by atoms with Gasteiger partial charge in [-0.2, -0.15) is 13.2 Å². The van der Waals surface area contributed by atoms with E-state index in [0.29, 0.717) is 11.3 Å². The van der Waals surface area contributed by atoms with Gasteiger partial charge in [0.25, 0.3) is 0 Å². The first-order valence-electron chi connectivity index (χ1n) is 8.86. The SMILES string of the molecule is CCn1c(C)c(-c2cccc(C(F)(F)F)c2)c(=O)c(C(=O)O)c1-c1ccnc(Cl)c1. The molecule has 0 spiro atoms. The summed E-state index contributed by atoms with van der Waals surface area (Å²) in [6, 6.07) is 7.22. The van der Waals surface area contributed by atoms with Crippen molar-refractivity contribution >= 4 is 17.6 Å². The zero-order chi connectivity index (χ0) is 22.2. The molecule has 0 saturated heterocycles. The van der Waals surface area contributed by atoms with Gasteiger partial charge in [0, 0.05) is 29.6 Å². The van der Waals surface area contributed by atoms with Gasteiger partial charge in [-0.1, -0.05) is 23.7 Å². The van der Waals surface area contributed by atoms with Crippen molar-refractivity contribution in [2.75, 3.05) is 0 Å². The van der Waals surface area contributed by atoms with E-state index in [1.54, 1.807) is 18.4 Å². The van der Waals surface area contributed by atoms with Crippen LogP contribution in [0.1, 0.15) is 28.5 Å². The van der Waals surface area contributed by atoms with Crippen LogP contribution >= 0.6 is 11.6 Å². The highest BCUT2D eigenvalue weighted by atomic mass is 35.5. The van der Waals surface area contributed by atoms with Gasteiger partial charge in [0.15, 0.2) is 0 Å². The van der Waals surface area contributed by atoms with E-state index in [4.69, 9.17) is 11.6 Å². The number of carboxylic acid groups (broad SMARTS) is 1. The highest BCUT2D eigenvalue weighted by Crippen LogP contribution is 2.34. The van der Waals surface area contributed by atoms with Crippen molar-refractivity contribution < 1.29 is 23.1 Å². The van der Waals surface area contributed by atoms with E-state index in [2.05, 4.69) is 4.98 Å². The molecule has 0 aliphatic heterocycles. The van der Waals surface area contributed by atoms with Crippen LogP contribution in [0.3, 0.4) is 0 Å². The number of hydrogen-bond acceptors (Lipinski definition) is 3. The Labute approximate surface area is 174 Å². The molecule has 2 heterocycles. The molecule has 0 aliphatic rings. The fourth-order valence-corrected chi connectivity index (χ4v) is 3.64. The third-order valence-electron chi connectivity index (χ3n) is 4.74. The molecule has 0 bridgehead atoms. The van der Waals surface area contributed by atoms with Crippen LogP contribution in [0, 0.1) is 6.92 Å². The van der Waals surface area contributed by atoms with Gasteiger partial charge in [0.05, 0.1) is 11.3 Å². The number of aromatic carboxylic acids is 1. The molecule has 5 nitrogen and oxygen atoms in total. The molecule has 156 valence electrons. The Balaban J connectivity index is 2.43. The van der Waals surface area contributed by atoms with Gasteiger partial charge in [0.2, 0.25) is 5.43 Å². The van der Waals surface area contributed by atoms with Gasteiger partial charge < -0.3 is 9.67 Å². The lowest BCUT2D eigenvalue weighted by atomic mass is 9.95. The molecule has 0 radical (unpaired) electrons. The fourth-order valence-electron chi connectivity index (χ4n) is 3.47. The Morgan fingerprint density at radius 2 is 1.90 bits per heavy atom. The Hall–Kier alpha value is -3.13. The monoisotopic (exact) mass is 436 g/mol. The summed E-state index contributed by atoms with van der Waals surface area (Å²) in [6.07, 6.45) is -3.22. The van der Waals surface area contributed by atoms with Crippen LogP contribution in [-0.4, -0.2) is 20.6 Å². The number of rotatable bonds is 4. The molecule has 3 rings (SSSR count). The Morgan fingerprint density at radius 1 is 1.20 bits per heavy atom. The first-order chi connectivity index (χ1) is 14.1. The Kier molecular flexibility index (Phi) is 5.72. The molecule has 1 aromatic carbocycles. The molecule has 9 heteroatoms. The normalized spacial score (nSPS) is 11.5. The molecule has 3 aromatic rings. The van der Waals surface area contributed by atoms with Crippen molar-refractivity contribution in [1.29, 1.82) is 0 Å². The van der Waals surface area contributed by atoms with E-state index in [0.717, 1.165) is 12.1 Å². The minimum absolute atomic E-state index is 0.00339. The zero-order valence-electron chi connectivity index (χ0n) is 15.9. The molecule has 0 saturated carbocycles. The summed E-state index contributed by atoms with van der Waals surface area (Å²) >= 11 is 5.94. The number of benzene rings is 1. The second kappa shape index (κ2) is 7.95. The maximum Gasteiger partial charge on any atom is 0.416 e. The number of alkyl halides is 3. The summed E-state index contributed by atoms with van der Waals surface area (Å²) in [4.78, 5) is 29.1. The van der Waals surface area contributed by atoms with Gasteiger partial charge in [-0.05, 0) is 43.7 Å². The van der Waals surface area contributed by atoms with Crippen molar-refractivity contribution in [3.63, 3.8) is 0 Å². The third-order valence-corrected chi connectivity index (χ3v) is 4.94. The second-order valence-electron chi connectivity index (χ2n) is 6.51. The summed E-state index contributed by atoms with van der Waals surface area (Å²) in [5.74, 6) is -1.49. The number of halogens is 4. The molecular formula is C21H16ClF3N2O3. The lowest BCUT2D eigenvalue weighted by molar-refractivity contribution is -0.137. The van der Waals surface area contributed by atoms with Crippen molar-refractivity contribution in [3.8, 4) is 22.4 Å². The second-order valence-corrected chi connectivity index (χ2v) is 6.90. The summed E-state index contributed by atoms with van der Waals surface area (Å²) in [5, 5.41) is 9.91. The van der Waals surface area contributed by atoms with Crippen molar-refractivity contribution in [3.05, 3.63) is 74.8 Å². The highest BCUT2D eigenvalue weighted by Gasteiger charge is 2.31. The lowest BCUT2D eigenvalue weighted by Crippen LogP contribution is -2.25. The van der Waals surface area contributed by atoms with E-state index in [-0.39, 0.29) is 28.5 Å². The van der Waals surface area contributed by atoms with E-state index < -0.39 is 28.7 Å².